The van der Waals surface area contributed by atoms with Crippen LogP contribution >= 0.6 is 11.6 Å². The topological polar surface area (TPSA) is 79.7 Å². The van der Waals surface area contributed by atoms with Gasteiger partial charge in [-0.25, -0.2) is 4.98 Å². The van der Waals surface area contributed by atoms with Gasteiger partial charge in [0.05, 0.1) is 17.6 Å². The Morgan fingerprint density at radius 2 is 2.21 bits per heavy atom. The molecule has 0 bridgehead atoms. The standard InChI is InChI=1S/C17H23ClN2O4/c1-11(2)9-24-14-13(18)7-12(8-19-14)15(21)20-6-4-5-17(3,10-20)16(22)23/h7-8,11H,4-6,9-10H2,1-3H3,(H,22,23). The van der Waals surface area contributed by atoms with Crippen molar-refractivity contribution in [3.63, 3.8) is 0 Å². The molecule has 1 aromatic rings. The number of hydrogen-bond acceptors (Lipinski definition) is 4. The fourth-order valence-corrected chi connectivity index (χ4v) is 2.88. The molecule has 1 N–H and O–H groups in total. The van der Waals surface area contributed by atoms with Crippen LogP contribution in [0.4, 0.5) is 0 Å². The monoisotopic (exact) mass is 354 g/mol. The maximum absolute atomic E-state index is 12.6. The second-order valence-electron chi connectivity index (χ2n) is 6.91. The van der Waals surface area contributed by atoms with Crippen molar-refractivity contribution < 1.29 is 19.4 Å². The molecule has 0 saturated carbocycles. The highest BCUT2D eigenvalue weighted by atomic mass is 35.5. The molecule has 132 valence electrons. The van der Waals surface area contributed by atoms with Gasteiger partial charge in [0, 0.05) is 19.3 Å². The zero-order chi connectivity index (χ0) is 17.9. The number of halogens is 1. The van der Waals surface area contributed by atoms with Gasteiger partial charge in [-0.1, -0.05) is 25.4 Å². The Kier molecular flexibility index (Phi) is 5.70. The van der Waals surface area contributed by atoms with Crippen molar-refractivity contribution >= 4 is 23.5 Å². The molecule has 1 aliphatic rings. The predicted octanol–water partition coefficient (Wildman–Crippen LogP) is 3.10. The fourth-order valence-electron chi connectivity index (χ4n) is 2.66. The quantitative estimate of drug-likeness (QED) is 0.878. The number of ether oxygens (including phenoxy) is 1. The molecule has 1 aliphatic heterocycles. The van der Waals surface area contributed by atoms with Crippen molar-refractivity contribution in [2.45, 2.75) is 33.6 Å². The van der Waals surface area contributed by atoms with E-state index in [9.17, 15) is 14.7 Å². The van der Waals surface area contributed by atoms with E-state index in [4.69, 9.17) is 16.3 Å². The number of aromatic nitrogens is 1. The third-order valence-electron chi connectivity index (χ3n) is 4.11. The molecule has 7 heteroatoms. The van der Waals surface area contributed by atoms with Crippen LogP contribution in [-0.4, -0.2) is 46.6 Å². The molecular weight excluding hydrogens is 332 g/mol. The zero-order valence-electron chi connectivity index (χ0n) is 14.2. The molecule has 1 amide bonds. The Bertz CT molecular complexity index is 635. The Morgan fingerprint density at radius 3 is 2.79 bits per heavy atom. The molecule has 1 fully saturated rings. The van der Waals surface area contributed by atoms with Crippen LogP contribution in [0.1, 0.15) is 44.0 Å². The van der Waals surface area contributed by atoms with Gasteiger partial charge in [-0.2, -0.15) is 0 Å². The van der Waals surface area contributed by atoms with Crippen LogP contribution in [0.5, 0.6) is 5.88 Å². The van der Waals surface area contributed by atoms with E-state index in [2.05, 4.69) is 4.98 Å². The molecule has 1 aromatic heterocycles. The summed E-state index contributed by atoms with van der Waals surface area (Å²) in [5, 5.41) is 9.64. The maximum Gasteiger partial charge on any atom is 0.311 e. The molecule has 2 rings (SSSR count). The molecule has 0 aliphatic carbocycles. The van der Waals surface area contributed by atoms with Crippen LogP contribution in [0.2, 0.25) is 5.02 Å². The molecule has 2 heterocycles. The molecule has 6 nitrogen and oxygen atoms in total. The van der Waals surface area contributed by atoms with Gasteiger partial charge in [0.25, 0.3) is 5.91 Å². The number of likely N-dealkylation sites (tertiary alicyclic amines) is 1. The number of carboxylic acids is 1. The van der Waals surface area contributed by atoms with Gasteiger partial charge in [-0.05, 0) is 31.7 Å². The Balaban J connectivity index is 2.12. The fraction of sp³-hybridized carbons (Fsp3) is 0.588. The van der Waals surface area contributed by atoms with E-state index in [-0.39, 0.29) is 17.5 Å². The van der Waals surface area contributed by atoms with Crippen molar-refractivity contribution in [1.29, 1.82) is 0 Å². The molecule has 0 aromatic carbocycles. The summed E-state index contributed by atoms with van der Waals surface area (Å²) >= 11 is 6.15. The normalized spacial score (nSPS) is 21.0. The van der Waals surface area contributed by atoms with Gasteiger partial charge in [-0.15, -0.1) is 0 Å². The number of hydrogen-bond donors (Lipinski definition) is 1. The van der Waals surface area contributed by atoms with Crippen LogP contribution in [0.25, 0.3) is 0 Å². The summed E-state index contributed by atoms with van der Waals surface area (Å²) in [6.45, 7) is 6.91. The first-order valence-electron chi connectivity index (χ1n) is 8.04. The first kappa shape index (κ1) is 18.5. The lowest BCUT2D eigenvalue weighted by molar-refractivity contribution is -0.150. The van der Waals surface area contributed by atoms with Gasteiger partial charge in [0.15, 0.2) is 0 Å². The summed E-state index contributed by atoms with van der Waals surface area (Å²) in [4.78, 5) is 29.7. The maximum atomic E-state index is 12.6. The second-order valence-corrected chi connectivity index (χ2v) is 7.32. The lowest BCUT2D eigenvalue weighted by Crippen LogP contribution is -2.48. The number of piperidine rings is 1. The van der Waals surface area contributed by atoms with E-state index in [1.807, 2.05) is 13.8 Å². The molecule has 1 saturated heterocycles. The highest BCUT2D eigenvalue weighted by molar-refractivity contribution is 6.32. The summed E-state index contributed by atoms with van der Waals surface area (Å²) in [6, 6.07) is 1.53. The highest BCUT2D eigenvalue weighted by Gasteiger charge is 2.39. The van der Waals surface area contributed by atoms with Crippen LogP contribution in [0, 0.1) is 11.3 Å². The average Bonchev–Trinajstić information content (AvgIpc) is 2.52. The lowest BCUT2D eigenvalue weighted by Gasteiger charge is -2.37. The first-order chi connectivity index (χ1) is 11.2. The first-order valence-corrected chi connectivity index (χ1v) is 8.42. The number of pyridine rings is 1. The van der Waals surface area contributed by atoms with E-state index in [1.165, 1.54) is 12.3 Å². The van der Waals surface area contributed by atoms with Gasteiger partial charge in [0.2, 0.25) is 5.88 Å². The Morgan fingerprint density at radius 1 is 1.50 bits per heavy atom. The average molecular weight is 355 g/mol. The Labute approximate surface area is 146 Å². The van der Waals surface area contributed by atoms with Crippen LogP contribution in [-0.2, 0) is 4.79 Å². The van der Waals surface area contributed by atoms with Crippen LogP contribution in [0.3, 0.4) is 0 Å². The van der Waals surface area contributed by atoms with Gasteiger partial charge in [-0.3, -0.25) is 9.59 Å². The number of carbonyl (C=O) groups excluding carboxylic acids is 1. The minimum atomic E-state index is -0.911. The third-order valence-corrected chi connectivity index (χ3v) is 4.38. The highest BCUT2D eigenvalue weighted by Crippen LogP contribution is 2.31. The van der Waals surface area contributed by atoms with E-state index in [0.29, 0.717) is 43.4 Å². The summed E-state index contributed by atoms with van der Waals surface area (Å²) in [7, 11) is 0. The summed E-state index contributed by atoms with van der Waals surface area (Å²) < 4.78 is 5.50. The number of aliphatic carboxylic acids is 1. The van der Waals surface area contributed by atoms with Crippen molar-refractivity contribution in [3.8, 4) is 5.88 Å². The SMILES string of the molecule is CC(C)COc1ncc(C(=O)N2CCCC(C)(C(=O)O)C2)cc1Cl. The van der Waals surface area contributed by atoms with E-state index in [1.54, 1.807) is 11.8 Å². The number of amides is 1. The zero-order valence-corrected chi connectivity index (χ0v) is 15.0. The summed E-state index contributed by atoms with van der Waals surface area (Å²) in [6.07, 6.45) is 2.65. The van der Waals surface area contributed by atoms with Crippen molar-refractivity contribution in [3.05, 3.63) is 22.8 Å². The number of carbonyl (C=O) groups is 2. The van der Waals surface area contributed by atoms with Gasteiger partial charge >= 0.3 is 5.97 Å². The van der Waals surface area contributed by atoms with Crippen molar-refractivity contribution in [1.82, 2.24) is 9.88 Å². The second kappa shape index (κ2) is 7.38. The number of rotatable bonds is 5. The minimum Gasteiger partial charge on any atom is -0.481 e. The van der Waals surface area contributed by atoms with Gasteiger partial charge in [0.1, 0.15) is 5.02 Å². The number of carboxylic acid groups (broad SMARTS) is 1. The number of nitrogens with zero attached hydrogens (tertiary/aromatic N) is 2. The summed E-state index contributed by atoms with van der Waals surface area (Å²) in [5.74, 6) is -0.497. The predicted molar refractivity (Wildman–Crippen MR) is 90.5 cm³/mol. The largest absolute Gasteiger partial charge is 0.481 e. The van der Waals surface area contributed by atoms with E-state index < -0.39 is 11.4 Å². The van der Waals surface area contributed by atoms with Crippen molar-refractivity contribution in [2.75, 3.05) is 19.7 Å². The molecule has 1 unspecified atom stereocenters. The Hall–Kier alpha value is -1.82. The minimum absolute atomic E-state index is 0.185. The van der Waals surface area contributed by atoms with E-state index in [0.717, 1.165) is 0 Å². The third kappa shape index (κ3) is 4.17. The van der Waals surface area contributed by atoms with E-state index >= 15 is 0 Å². The smallest absolute Gasteiger partial charge is 0.311 e. The lowest BCUT2D eigenvalue weighted by atomic mass is 9.82. The molecular formula is C17H23ClN2O4. The van der Waals surface area contributed by atoms with Crippen LogP contribution < -0.4 is 4.74 Å². The summed E-state index contributed by atoms with van der Waals surface area (Å²) in [5.41, 5.74) is -0.572. The molecule has 0 radical (unpaired) electrons. The van der Waals surface area contributed by atoms with Crippen LogP contribution in [0.15, 0.2) is 12.3 Å². The molecule has 24 heavy (non-hydrogen) atoms. The molecule has 0 spiro atoms. The van der Waals surface area contributed by atoms with Gasteiger partial charge < -0.3 is 14.7 Å². The molecule has 1 atom stereocenters. The van der Waals surface area contributed by atoms with Crippen molar-refractivity contribution in [2.24, 2.45) is 11.3 Å².